The van der Waals surface area contributed by atoms with Crippen LogP contribution in [0.25, 0.3) is 10.8 Å². The molecule has 0 atom stereocenters. The Morgan fingerprint density at radius 3 is 1.95 bits per heavy atom. The van der Waals surface area contributed by atoms with Gasteiger partial charge in [0.15, 0.2) is 0 Å². The fraction of sp³-hybridized carbons (Fsp3) is 0.158. The summed E-state index contributed by atoms with van der Waals surface area (Å²) in [4.78, 5) is 0. The molecule has 0 bridgehead atoms. The minimum atomic E-state index is 0.929. The average Bonchev–Trinajstić information content (AvgIpc) is 2.53. The van der Waals surface area contributed by atoms with E-state index in [2.05, 4.69) is 82.7 Å². The molecular formula is C19H17Br. The average molecular weight is 325 g/mol. The van der Waals surface area contributed by atoms with E-state index in [9.17, 15) is 0 Å². The lowest BCUT2D eigenvalue weighted by atomic mass is 10.0. The van der Waals surface area contributed by atoms with Crippen LogP contribution in [0.15, 0.2) is 66.7 Å². The van der Waals surface area contributed by atoms with Crippen LogP contribution in [0, 0.1) is 0 Å². The summed E-state index contributed by atoms with van der Waals surface area (Å²) in [5.74, 6) is 0. The molecule has 100 valence electrons. The molecule has 0 saturated heterocycles. The van der Waals surface area contributed by atoms with E-state index in [0.717, 1.165) is 18.2 Å². The van der Waals surface area contributed by atoms with Crippen molar-refractivity contribution < 1.29 is 0 Å². The van der Waals surface area contributed by atoms with Gasteiger partial charge in [-0.05, 0) is 40.3 Å². The first-order chi connectivity index (χ1) is 9.85. The molecule has 3 rings (SSSR count). The monoisotopic (exact) mass is 324 g/mol. The maximum absolute atomic E-state index is 3.48. The number of aryl methyl sites for hydroxylation is 2. The molecule has 0 unspecified atom stereocenters. The summed E-state index contributed by atoms with van der Waals surface area (Å²) in [5, 5.41) is 3.58. The van der Waals surface area contributed by atoms with E-state index in [4.69, 9.17) is 0 Å². The third kappa shape index (κ3) is 3.10. The standard InChI is InChI=1S/C19H17Br/c20-14-17-9-6-15(7-10-17)5-8-16-11-12-18-3-1-2-4-19(18)13-16/h1-4,6-7,9-13H,5,8,14H2. The smallest absolute Gasteiger partial charge is 0.0283 e. The van der Waals surface area contributed by atoms with Crippen LogP contribution in [0.2, 0.25) is 0 Å². The summed E-state index contributed by atoms with van der Waals surface area (Å²) in [6, 6.07) is 24.2. The number of hydrogen-bond donors (Lipinski definition) is 0. The molecule has 0 radical (unpaired) electrons. The first-order valence-electron chi connectivity index (χ1n) is 6.96. The van der Waals surface area contributed by atoms with E-state index in [0.29, 0.717) is 0 Å². The van der Waals surface area contributed by atoms with Crippen molar-refractivity contribution in [3.8, 4) is 0 Å². The van der Waals surface area contributed by atoms with Gasteiger partial charge in [-0.2, -0.15) is 0 Å². The van der Waals surface area contributed by atoms with Crippen LogP contribution in [0.3, 0.4) is 0 Å². The second-order valence-electron chi connectivity index (χ2n) is 5.13. The zero-order valence-electron chi connectivity index (χ0n) is 11.4. The lowest BCUT2D eigenvalue weighted by Gasteiger charge is -2.05. The number of hydrogen-bond acceptors (Lipinski definition) is 0. The van der Waals surface area contributed by atoms with Crippen molar-refractivity contribution in [3.05, 3.63) is 83.4 Å². The molecule has 0 amide bonds. The molecule has 0 heterocycles. The topological polar surface area (TPSA) is 0 Å². The lowest BCUT2D eigenvalue weighted by Crippen LogP contribution is -1.92. The van der Waals surface area contributed by atoms with Crippen molar-refractivity contribution in [2.24, 2.45) is 0 Å². The molecule has 0 nitrogen and oxygen atoms in total. The molecule has 1 heteroatoms. The highest BCUT2D eigenvalue weighted by Crippen LogP contribution is 2.17. The fourth-order valence-electron chi connectivity index (χ4n) is 2.48. The predicted molar refractivity (Wildman–Crippen MR) is 90.4 cm³/mol. The highest BCUT2D eigenvalue weighted by molar-refractivity contribution is 9.08. The maximum Gasteiger partial charge on any atom is 0.0283 e. The molecule has 0 N–H and O–H groups in total. The van der Waals surface area contributed by atoms with Gasteiger partial charge in [-0.25, -0.2) is 0 Å². The first kappa shape index (κ1) is 13.4. The van der Waals surface area contributed by atoms with Gasteiger partial charge in [0.25, 0.3) is 0 Å². The van der Waals surface area contributed by atoms with E-state index >= 15 is 0 Å². The molecule has 0 aliphatic carbocycles. The Labute approximate surface area is 128 Å². The van der Waals surface area contributed by atoms with Gasteiger partial charge in [0.2, 0.25) is 0 Å². The van der Waals surface area contributed by atoms with Crippen molar-refractivity contribution >= 4 is 26.7 Å². The van der Waals surface area contributed by atoms with Crippen LogP contribution in [-0.4, -0.2) is 0 Å². The number of rotatable bonds is 4. The Balaban J connectivity index is 1.72. The largest absolute Gasteiger partial charge is 0.0876 e. The van der Waals surface area contributed by atoms with E-state index < -0.39 is 0 Å². The summed E-state index contributed by atoms with van der Waals surface area (Å²) in [5.41, 5.74) is 4.15. The van der Waals surface area contributed by atoms with Crippen molar-refractivity contribution in [3.63, 3.8) is 0 Å². The molecular weight excluding hydrogens is 308 g/mol. The second-order valence-corrected chi connectivity index (χ2v) is 5.69. The van der Waals surface area contributed by atoms with Crippen LogP contribution in [0.4, 0.5) is 0 Å². The summed E-state index contributed by atoms with van der Waals surface area (Å²) in [6.07, 6.45) is 2.19. The second kappa shape index (κ2) is 6.23. The van der Waals surface area contributed by atoms with Gasteiger partial charge >= 0.3 is 0 Å². The van der Waals surface area contributed by atoms with Crippen molar-refractivity contribution in [1.29, 1.82) is 0 Å². The predicted octanol–water partition coefficient (Wildman–Crippen LogP) is 5.52. The third-order valence-electron chi connectivity index (χ3n) is 3.69. The zero-order chi connectivity index (χ0) is 13.8. The molecule has 0 saturated carbocycles. The quantitative estimate of drug-likeness (QED) is 0.554. The van der Waals surface area contributed by atoms with E-state index in [1.165, 1.54) is 27.5 Å². The normalized spacial score (nSPS) is 10.8. The van der Waals surface area contributed by atoms with Gasteiger partial charge in [-0.15, -0.1) is 0 Å². The minimum Gasteiger partial charge on any atom is -0.0876 e. The van der Waals surface area contributed by atoms with Gasteiger partial charge in [0.1, 0.15) is 0 Å². The zero-order valence-corrected chi connectivity index (χ0v) is 12.9. The van der Waals surface area contributed by atoms with Gasteiger partial charge < -0.3 is 0 Å². The van der Waals surface area contributed by atoms with E-state index in [1.807, 2.05) is 0 Å². The van der Waals surface area contributed by atoms with E-state index in [1.54, 1.807) is 0 Å². The van der Waals surface area contributed by atoms with Gasteiger partial charge in [0, 0.05) is 5.33 Å². The van der Waals surface area contributed by atoms with Crippen LogP contribution >= 0.6 is 15.9 Å². The van der Waals surface area contributed by atoms with E-state index in [-0.39, 0.29) is 0 Å². The molecule has 3 aromatic rings. The fourth-order valence-corrected chi connectivity index (χ4v) is 2.85. The van der Waals surface area contributed by atoms with Gasteiger partial charge in [-0.1, -0.05) is 82.7 Å². The molecule has 20 heavy (non-hydrogen) atoms. The molecule has 3 aromatic carbocycles. The highest BCUT2D eigenvalue weighted by atomic mass is 79.9. The van der Waals surface area contributed by atoms with Crippen LogP contribution in [-0.2, 0) is 18.2 Å². The third-order valence-corrected chi connectivity index (χ3v) is 4.34. The summed E-state index contributed by atoms with van der Waals surface area (Å²) in [6.45, 7) is 0. The summed E-state index contributed by atoms with van der Waals surface area (Å²) >= 11 is 3.48. The van der Waals surface area contributed by atoms with Crippen LogP contribution in [0.5, 0.6) is 0 Å². The van der Waals surface area contributed by atoms with Crippen molar-refractivity contribution in [2.45, 2.75) is 18.2 Å². The van der Waals surface area contributed by atoms with Crippen molar-refractivity contribution in [2.75, 3.05) is 0 Å². The Morgan fingerprint density at radius 1 is 0.600 bits per heavy atom. The maximum atomic E-state index is 3.48. The molecule has 0 aromatic heterocycles. The number of alkyl halides is 1. The van der Waals surface area contributed by atoms with Gasteiger partial charge in [0.05, 0.1) is 0 Å². The molecule has 0 aliphatic rings. The van der Waals surface area contributed by atoms with Crippen LogP contribution < -0.4 is 0 Å². The Bertz CT molecular complexity index is 698. The lowest BCUT2D eigenvalue weighted by molar-refractivity contribution is 0.961. The van der Waals surface area contributed by atoms with Crippen LogP contribution in [0.1, 0.15) is 16.7 Å². The number of fused-ring (bicyclic) bond motifs is 1. The van der Waals surface area contributed by atoms with Gasteiger partial charge in [-0.3, -0.25) is 0 Å². The highest BCUT2D eigenvalue weighted by Gasteiger charge is 1.99. The minimum absolute atomic E-state index is 0.929. The number of halogens is 1. The Kier molecular flexibility index (Phi) is 4.17. The Morgan fingerprint density at radius 2 is 1.20 bits per heavy atom. The molecule has 0 spiro atoms. The number of benzene rings is 3. The molecule has 0 aliphatic heterocycles. The molecule has 0 fully saturated rings. The summed E-state index contributed by atoms with van der Waals surface area (Å²) < 4.78 is 0. The van der Waals surface area contributed by atoms with Crippen molar-refractivity contribution in [1.82, 2.24) is 0 Å². The Hall–Kier alpha value is -1.60. The first-order valence-corrected chi connectivity index (χ1v) is 8.09. The SMILES string of the molecule is BrCc1ccc(CCc2ccc3ccccc3c2)cc1. The summed E-state index contributed by atoms with van der Waals surface area (Å²) in [7, 11) is 0.